The van der Waals surface area contributed by atoms with E-state index in [-0.39, 0.29) is 0 Å². The molecular formula is C13H27NO3Si. The van der Waals surface area contributed by atoms with E-state index >= 15 is 0 Å². The lowest BCUT2D eigenvalue weighted by Gasteiger charge is -2.27. The second-order valence-corrected chi connectivity index (χ2v) is 7.96. The molecule has 0 aromatic rings. The molecule has 0 spiro atoms. The molecule has 0 atom stereocenters. The Morgan fingerprint density at radius 2 is 1.61 bits per heavy atom. The second-order valence-electron chi connectivity index (χ2n) is 4.61. The predicted molar refractivity (Wildman–Crippen MR) is 75.8 cm³/mol. The molecular weight excluding hydrogens is 246 g/mol. The number of isocyanates is 1. The fraction of sp³-hybridized carbons (Fsp3) is 0.923. The standard InChI is InChI=1S/C13H27NO3Si/c1-4-6-10-16-18(3,17-11-7-5-2)12-8-9-14-13-15/h4-12H2,1-3H3. The molecule has 0 fully saturated rings. The van der Waals surface area contributed by atoms with Gasteiger partial charge in [0, 0.05) is 13.2 Å². The summed E-state index contributed by atoms with van der Waals surface area (Å²) in [5.74, 6) is 0. The molecule has 0 radical (unpaired) electrons. The van der Waals surface area contributed by atoms with Crippen LogP contribution in [0.25, 0.3) is 0 Å². The van der Waals surface area contributed by atoms with Gasteiger partial charge in [-0.3, -0.25) is 0 Å². The van der Waals surface area contributed by atoms with Crippen LogP contribution in [0.15, 0.2) is 4.99 Å². The first-order chi connectivity index (χ1) is 8.68. The molecule has 4 nitrogen and oxygen atoms in total. The predicted octanol–water partition coefficient (Wildman–Crippen LogP) is 3.42. The fourth-order valence-electron chi connectivity index (χ4n) is 1.58. The monoisotopic (exact) mass is 273 g/mol. The third-order valence-electron chi connectivity index (χ3n) is 2.78. The first-order valence-electron chi connectivity index (χ1n) is 7.00. The van der Waals surface area contributed by atoms with Crippen molar-refractivity contribution < 1.29 is 13.6 Å². The SMILES string of the molecule is CCCCO[Si](C)(CCCN=C=O)OCCCC. The molecule has 0 aromatic heterocycles. The van der Waals surface area contributed by atoms with Gasteiger partial charge in [0.05, 0.1) is 6.54 Å². The number of carbonyl (C=O) groups excluding carboxylic acids is 1. The number of nitrogens with zero attached hydrogens (tertiary/aromatic N) is 1. The van der Waals surface area contributed by atoms with Crippen LogP contribution < -0.4 is 0 Å². The number of hydrogen-bond donors (Lipinski definition) is 0. The molecule has 0 amide bonds. The van der Waals surface area contributed by atoms with Crippen molar-refractivity contribution in [3.05, 3.63) is 0 Å². The maximum Gasteiger partial charge on any atom is 0.334 e. The number of rotatable bonds is 12. The summed E-state index contributed by atoms with van der Waals surface area (Å²) in [6.45, 7) is 8.51. The summed E-state index contributed by atoms with van der Waals surface area (Å²) in [5, 5.41) is 0. The van der Waals surface area contributed by atoms with Gasteiger partial charge >= 0.3 is 8.56 Å². The quantitative estimate of drug-likeness (QED) is 0.237. The third-order valence-corrected chi connectivity index (χ3v) is 5.67. The Bertz CT molecular complexity index is 232. The van der Waals surface area contributed by atoms with E-state index in [2.05, 4.69) is 25.4 Å². The normalized spacial score (nSPS) is 11.3. The average molecular weight is 273 g/mol. The van der Waals surface area contributed by atoms with Crippen molar-refractivity contribution in [1.82, 2.24) is 0 Å². The van der Waals surface area contributed by atoms with E-state index in [1.165, 1.54) is 0 Å². The summed E-state index contributed by atoms with van der Waals surface area (Å²) in [5.41, 5.74) is 0. The van der Waals surface area contributed by atoms with Crippen molar-refractivity contribution in [1.29, 1.82) is 0 Å². The molecule has 18 heavy (non-hydrogen) atoms. The molecule has 0 N–H and O–H groups in total. The number of aliphatic imine (C=N–C) groups is 1. The Morgan fingerprint density at radius 3 is 2.06 bits per heavy atom. The molecule has 0 aromatic carbocycles. The molecule has 0 saturated heterocycles. The average Bonchev–Trinajstić information content (AvgIpc) is 2.36. The van der Waals surface area contributed by atoms with Crippen LogP contribution in [-0.4, -0.2) is 34.4 Å². The Hall–Kier alpha value is -0.483. The van der Waals surface area contributed by atoms with Crippen molar-refractivity contribution in [2.75, 3.05) is 19.8 Å². The van der Waals surface area contributed by atoms with Crippen molar-refractivity contribution in [2.45, 2.75) is 58.5 Å². The highest BCUT2D eigenvalue weighted by molar-refractivity contribution is 6.66. The van der Waals surface area contributed by atoms with Crippen LogP contribution in [0.5, 0.6) is 0 Å². The van der Waals surface area contributed by atoms with Gasteiger partial charge in [0.1, 0.15) is 0 Å². The smallest absolute Gasteiger partial charge is 0.334 e. The zero-order valence-corrected chi connectivity index (χ0v) is 13.0. The molecule has 0 aliphatic heterocycles. The van der Waals surface area contributed by atoms with Gasteiger partial charge in [-0.1, -0.05) is 26.7 Å². The minimum Gasteiger partial charge on any atom is -0.394 e. The minimum atomic E-state index is -2.06. The van der Waals surface area contributed by atoms with Crippen LogP contribution in [0, 0.1) is 0 Å². The topological polar surface area (TPSA) is 47.9 Å². The summed E-state index contributed by atoms with van der Waals surface area (Å²) < 4.78 is 11.9. The van der Waals surface area contributed by atoms with Crippen molar-refractivity contribution in [3.63, 3.8) is 0 Å². The van der Waals surface area contributed by atoms with Gasteiger partial charge in [0.2, 0.25) is 6.08 Å². The maximum atomic E-state index is 10.0. The van der Waals surface area contributed by atoms with Crippen molar-refractivity contribution >= 4 is 14.6 Å². The van der Waals surface area contributed by atoms with Gasteiger partial charge in [-0.2, -0.15) is 0 Å². The molecule has 106 valence electrons. The molecule has 0 bridgehead atoms. The molecule has 0 rings (SSSR count). The van der Waals surface area contributed by atoms with Gasteiger partial charge < -0.3 is 8.85 Å². The lowest BCUT2D eigenvalue weighted by Crippen LogP contribution is -2.39. The highest BCUT2D eigenvalue weighted by Gasteiger charge is 2.30. The first-order valence-corrected chi connectivity index (χ1v) is 9.52. The van der Waals surface area contributed by atoms with Crippen molar-refractivity contribution in [3.8, 4) is 0 Å². The van der Waals surface area contributed by atoms with Gasteiger partial charge in [-0.25, -0.2) is 9.79 Å². The summed E-state index contributed by atoms with van der Waals surface area (Å²) >= 11 is 0. The first kappa shape index (κ1) is 17.5. The van der Waals surface area contributed by atoms with E-state index in [1.807, 2.05) is 0 Å². The van der Waals surface area contributed by atoms with Crippen LogP contribution in [0.2, 0.25) is 12.6 Å². The molecule has 0 unspecified atom stereocenters. The lowest BCUT2D eigenvalue weighted by atomic mass is 10.4. The highest BCUT2D eigenvalue weighted by atomic mass is 28.4. The zero-order chi connectivity index (χ0) is 13.7. The van der Waals surface area contributed by atoms with Crippen LogP contribution in [-0.2, 0) is 13.6 Å². The van der Waals surface area contributed by atoms with E-state index in [0.29, 0.717) is 6.54 Å². The van der Waals surface area contributed by atoms with Crippen LogP contribution in [0.3, 0.4) is 0 Å². The number of hydrogen-bond acceptors (Lipinski definition) is 4. The fourth-order valence-corrected chi connectivity index (χ4v) is 3.90. The van der Waals surface area contributed by atoms with Crippen LogP contribution >= 0.6 is 0 Å². The third kappa shape index (κ3) is 9.54. The number of unbranched alkanes of at least 4 members (excludes halogenated alkanes) is 2. The summed E-state index contributed by atoms with van der Waals surface area (Å²) in [6.07, 6.45) is 6.83. The minimum absolute atomic E-state index is 0.528. The Balaban J connectivity index is 4.06. The highest BCUT2D eigenvalue weighted by Crippen LogP contribution is 2.17. The second kappa shape index (κ2) is 11.6. The maximum absolute atomic E-state index is 10.0. The molecule has 5 heteroatoms. The summed E-state index contributed by atoms with van der Waals surface area (Å²) in [6, 6.07) is 0.894. The van der Waals surface area contributed by atoms with E-state index in [1.54, 1.807) is 6.08 Å². The Morgan fingerprint density at radius 1 is 1.06 bits per heavy atom. The van der Waals surface area contributed by atoms with Crippen LogP contribution in [0.1, 0.15) is 46.0 Å². The molecule has 0 heterocycles. The zero-order valence-electron chi connectivity index (χ0n) is 12.0. The van der Waals surface area contributed by atoms with E-state index in [0.717, 1.165) is 51.4 Å². The van der Waals surface area contributed by atoms with E-state index in [4.69, 9.17) is 8.85 Å². The molecule has 0 saturated carbocycles. The van der Waals surface area contributed by atoms with E-state index in [9.17, 15) is 4.79 Å². The summed E-state index contributed by atoms with van der Waals surface area (Å²) in [4.78, 5) is 13.6. The Labute approximate surface area is 112 Å². The Kier molecular flexibility index (Phi) is 11.3. The molecule has 0 aliphatic carbocycles. The van der Waals surface area contributed by atoms with Gasteiger partial charge in [0.15, 0.2) is 0 Å². The van der Waals surface area contributed by atoms with Crippen LogP contribution in [0.4, 0.5) is 0 Å². The summed E-state index contributed by atoms with van der Waals surface area (Å²) in [7, 11) is -2.06. The van der Waals surface area contributed by atoms with Crippen molar-refractivity contribution in [2.24, 2.45) is 4.99 Å². The van der Waals surface area contributed by atoms with E-state index < -0.39 is 8.56 Å². The largest absolute Gasteiger partial charge is 0.394 e. The van der Waals surface area contributed by atoms with Gasteiger partial charge in [-0.15, -0.1) is 0 Å². The van der Waals surface area contributed by atoms with Gasteiger partial charge in [-0.05, 0) is 31.9 Å². The lowest BCUT2D eigenvalue weighted by molar-refractivity contribution is 0.168. The van der Waals surface area contributed by atoms with Gasteiger partial charge in [0.25, 0.3) is 0 Å². The molecule has 0 aliphatic rings.